The molecule has 0 aliphatic heterocycles. The Bertz CT molecular complexity index is 1280. The predicted molar refractivity (Wildman–Crippen MR) is 131 cm³/mol. The van der Waals surface area contributed by atoms with Crippen molar-refractivity contribution < 1.29 is 17.9 Å². The first-order valence-electron chi connectivity index (χ1n) is 10.7. The number of sulfonamides is 1. The number of ether oxygens (including phenoxy) is 1. The zero-order chi connectivity index (χ0) is 25.1. The fourth-order valence-corrected chi connectivity index (χ4v) is 3.77. The number of nitrogens with two attached hydrogens (primary N) is 1. The normalized spacial score (nSPS) is 11.8. The molecule has 0 saturated carbocycles. The molecule has 0 radical (unpaired) electrons. The van der Waals surface area contributed by atoms with Gasteiger partial charge in [0.05, 0.1) is 17.9 Å². The number of carbonyl (C=O) groups is 1. The summed E-state index contributed by atoms with van der Waals surface area (Å²) in [6.07, 6.45) is 1.54. The molecule has 0 saturated heterocycles. The summed E-state index contributed by atoms with van der Waals surface area (Å²) in [6.45, 7) is 9.60. The van der Waals surface area contributed by atoms with Crippen molar-refractivity contribution in [1.29, 1.82) is 0 Å². The SMILES string of the molecule is CCOc1nccc(Nc2c(C(N)=O)c(-c3ccc(NS(=O)(=O)CC)cc3)nn2C(C)(C)C)n1. The van der Waals surface area contributed by atoms with E-state index in [1.807, 2.05) is 27.7 Å². The second kappa shape index (κ2) is 9.67. The van der Waals surface area contributed by atoms with Gasteiger partial charge >= 0.3 is 6.01 Å². The van der Waals surface area contributed by atoms with Crippen molar-refractivity contribution in [1.82, 2.24) is 19.7 Å². The molecular weight excluding hydrogens is 458 g/mol. The smallest absolute Gasteiger partial charge is 0.318 e. The molecule has 0 atom stereocenters. The Balaban J connectivity index is 2.10. The number of anilines is 3. The van der Waals surface area contributed by atoms with Gasteiger partial charge in [0.2, 0.25) is 10.0 Å². The molecule has 3 rings (SSSR count). The van der Waals surface area contributed by atoms with Crippen LogP contribution in [0, 0.1) is 0 Å². The molecule has 34 heavy (non-hydrogen) atoms. The fraction of sp³-hybridized carbons (Fsp3) is 0.364. The molecule has 182 valence electrons. The third-order valence-electron chi connectivity index (χ3n) is 4.73. The Hall–Kier alpha value is -3.67. The largest absolute Gasteiger partial charge is 0.464 e. The molecule has 1 aromatic carbocycles. The third-order valence-corrected chi connectivity index (χ3v) is 6.04. The zero-order valence-corrected chi connectivity index (χ0v) is 20.6. The van der Waals surface area contributed by atoms with Crippen LogP contribution in [0.15, 0.2) is 36.5 Å². The topological polar surface area (TPSA) is 154 Å². The number of carbonyl (C=O) groups excluding carboxylic acids is 1. The minimum Gasteiger partial charge on any atom is -0.464 e. The average molecular weight is 488 g/mol. The van der Waals surface area contributed by atoms with Gasteiger partial charge in [0.25, 0.3) is 5.91 Å². The number of aromatic nitrogens is 4. The van der Waals surface area contributed by atoms with E-state index >= 15 is 0 Å². The standard InChI is InChI=1S/C22H29N7O4S/c1-6-33-21-24-13-12-16(26-21)25-20-17(19(23)30)18(27-29(20)22(3,4)5)14-8-10-15(11-9-14)28-34(31,32)7-2/h8-13,28H,6-7H2,1-5H3,(H2,23,30)(H,24,25,26). The van der Waals surface area contributed by atoms with Crippen LogP contribution in [0.2, 0.25) is 0 Å². The van der Waals surface area contributed by atoms with E-state index in [1.54, 1.807) is 48.1 Å². The monoisotopic (exact) mass is 487 g/mol. The third kappa shape index (κ3) is 5.63. The van der Waals surface area contributed by atoms with Gasteiger partial charge < -0.3 is 15.8 Å². The summed E-state index contributed by atoms with van der Waals surface area (Å²) >= 11 is 0. The number of nitrogens with one attached hydrogen (secondary N) is 2. The lowest BCUT2D eigenvalue weighted by Crippen LogP contribution is -2.25. The molecular formula is C22H29N7O4S. The van der Waals surface area contributed by atoms with Crippen LogP contribution >= 0.6 is 0 Å². The van der Waals surface area contributed by atoms with Crippen molar-refractivity contribution in [3.05, 3.63) is 42.1 Å². The molecule has 4 N–H and O–H groups in total. The predicted octanol–water partition coefficient (Wildman–Crippen LogP) is 3.10. The molecule has 0 bridgehead atoms. The van der Waals surface area contributed by atoms with Gasteiger partial charge in [-0.25, -0.2) is 18.1 Å². The lowest BCUT2D eigenvalue weighted by Gasteiger charge is -2.23. The summed E-state index contributed by atoms with van der Waals surface area (Å²) in [6, 6.07) is 8.40. The number of rotatable bonds is 9. The molecule has 0 spiro atoms. The Morgan fingerprint density at radius 2 is 1.82 bits per heavy atom. The number of nitrogens with zero attached hydrogens (tertiary/aromatic N) is 4. The van der Waals surface area contributed by atoms with Gasteiger partial charge in [-0.3, -0.25) is 9.52 Å². The van der Waals surface area contributed by atoms with Crippen LogP contribution in [-0.2, 0) is 15.6 Å². The van der Waals surface area contributed by atoms with Crippen molar-refractivity contribution in [2.24, 2.45) is 5.73 Å². The highest BCUT2D eigenvalue weighted by Crippen LogP contribution is 2.34. The van der Waals surface area contributed by atoms with E-state index in [0.29, 0.717) is 35.2 Å². The summed E-state index contributed by atoms with van der Waals surface area (Å²) < 4.78 is 33.2. The van der Waals surface area contributed by atoms with Crippen molar-refractivity contribution >= 4 is 33.3 Å². The second-order valence-corrected chi connectivity index (χ2v) is 10.4. The first kappa shape index (κ1) is 25.0. The lowest BCUT2D eigenvalue weighted by molar-refractivity contribution is 0.100. The average Bonchev–Trinajstić information content (AvgIpc) is 3.14. The number of hydrogen-bond donors (Lipinski definition) is 3. The Kier molecular flexibility index (Phi) is 7.10. The molecule has 0 unspecified atom stereocenters. The maximum Gasteiger partial charge on any atom is 0.318 e. The highest BCUT2D eigenvalue weighted by molar-refractivity contribution is 7.92. The number of primary amides is 1. The Morgan fingerprint density at radius 3 is 2.38 bits per heavy atom. The van der Waals surface area contributed by atoms with Crippen LogP contribution in [0.25, 0.3) is 11.3 Å². The fourth-order valence-electron chi connectivity index (χ4n) is 3.13. The van der Waals surface area contributed by atoms with Gasteiger partial charge in [-0.1, -0.05) is 12.1 Å². The molecule has 3 aromatic rings. The van der Waals surface area contributed by atoms with Crippen molar-refractivity contribution in [2.75, 3.05) is 22.4 Å². The Labute approximate surface area is 198 Å². The minimum absolute atomic E-state index is 0.0420. The van der Waals surface area contributed by atoms with Gasteiger partial charge in [-0.2, -0.15) is 10.1 Å². The van der Waals surface area contributed by atoms with E-state index in [-0.39, 0.29) is 17.3 Å². The van der Waals surface area contributed by atoms with Gasteiger partial charge in [0, 0.05) is 17.4 Å². The van der Waals surface area contributed by atoms with E-state index < -0.39 is 21.5 Å². The summed E-state index contributed by atoms with van der Waals surface area (Å²) in [5.41, 5.74) is 6.80. The molecule has 0 aliphatic rings. The van der Waals surface area contributed by atoms with Crippen LogP contribution in [0.4, 0.5) is 17.3 Å². The van der Waals surface area contributed by atoms with Crippen LogP contribution in [0.3, 0.4) is 0 Å². The molecule has 2 heterocycles. The van der Waals surface area contributed by atoms with Crippen molar-refractivity contribution in [3.8, 4) is 17.3 Å². The van der Waals surface area contributed by atoms with Crippen LogP contribution in [0.5, 0.6) is 6.01 Å². The van der Waals surface area contributed by atoms with E-state index in [1.165, 1.54) is 0 Å². The minimum atomic E-state index is -3.41. The zero-order valence-electron chi connectivity index (χ0n) is 19.8. The summed E-state index contributed by atoms with van der Waals surface area (Å²) in [7, 11) is -3.41. The maximum absolute atomic E-state index is 12.6. The number of benzene rings is 1. The maximum atomic E-state index is 12.6. The van der Waals surface area contributed by atoms with Gasteiger partial charge in [0.1, 0.15) is 22.9 Å². The van der Waals surface area contributed by atoms with Gasteiger partial charge in [-0.15, -0.1) is 0 Å². The van der Waals surface area contributed by atoms with Gasteiger partial charge in [-0.05, 0) is 52.8 Å². The second-order valence-electron chi connectivity index (χ2n) is 8.38. The van der Waals surface area contributed by atoms with Crippen molar-refractivity contribution in [2.45, 2.75) is 40.2 Å². The highest BCUT2D eigenvalue weighted by Gasteiger charge is 2.29. The molecule has 0 aliphatic carbocycles. The number of hydrogen-bond acceptors (Lipinski definition) is 8. The van der Waals surface area contributed by atoms with Crippen LogP contribution in [-0.4, -0.2) is 46.4 Å². The van der Waals surface area contributed by atoms with E-state index in [4.69, 9.17) is 10.5 Å². The lowest BCUT2D eigenvalue weighted by atomic mass is 10.1. The molecule has 0 fully saturated rings. The summed E-state index contributed by atoms with van der Waals surface area (Å²) in [5.74, 6) is 0.0524. The van der Waals surface area contributed by atoms with E-state index in [9.17, 15) is 13.2 Å². The first-order valence-corrected chi connectivity index (χ1v) is 12.4. The van der Waals surface area contributed by atoms with Crippen LogP contribution < -0.4 is 20.5 Å². The molecule has 2 aromatic heterocycles. The highest BCUT2D eigenvalue weighted by atomic mass is 32.2. The number of amides is 1. The molecule has 11 nitrogen and oxygen atoms in total. The van der Waals surface area contributed by atoms with E-state index in [2.05, 4.69) is 25.1 Å². The molecule has 12 heteroatoms. The first-order chi connectivity index (χ1) is 15.9. The molecule has 1 amide bonds. The van der Waals surface area contributed by atoms with Crippen molar-refractivity contribution in [3.63, 3.8) is 0 Å². The summed E-state index contributed by atoms with van der Waals surface area (Å²) in [5, 5.41) is 7.83. The summed E-state index contributed by atoms with van der Waals surface area (Å²) in [4.78, 5) is 21.0. The van der Waals surface area contributed by atoms with E-state index in [0.717, 1.165) is 0 Å². The van der Waals surface area contributed by atoms with Gasteiger partial charge in [0.15, 0.2) is 0 Å². The van der Waals surface area contributed by atoms with Crippen LogP contribution in [0.1, 0.15) is 45.0 Å². The quantitative estimate of drug-likeness (QED) is 0.416. The Morgan fingerprint density at radius 1 is 1.15 bits per heavy atom.